The Morgan fingerprint density at radius 2 is 1.95 bits per heavy atom. The molecule has 1 unspecified atom stereocenters. The van der Waals surface area contributed by atoms with Crippen LogP contribution in [0.25, 0.3) is 11.2 Å². The molecule has 0 radical (unpaired) electrons. The Bertz CT molecular complexity index is 1430. The SMILES string of the molecule is Nc1nc(C#CCC2CCN(C(=O)Oc3ccc(Cl)c(Cl)c3)CC2)nc2c1ncn2[C@@H]1O[C@H](CO)C(O)[C@@H]1O. The van der Waals surface area contributed by atoms with Gasteiger partial charge in [0.1, 0.15) is 29.6 Å². The van der Waals surface area contributed by atoms with Crippen molar-refractivity contribution in [2.45, 2.75) is 43.8 Å². The first-order chi connectivity index (χ1) is 18.7. The zero-order valence-electron chi connectivity index (χ0n) is 20.6. The lowest BCUT2D eigenvalue weighted by Gasteiger charge is -2.30. The summed E-state index contributed by atoms with van der Waals surface area (Å²) in [5, 5.41) is 30.5. The van der Waals surface area contributed by atoms with E-state index in [4.69, 9.17) is 38.4 Å². The molecule has 3 aromatic rings. The number of piperidine rings is 1. The van der Waals surface area contributed by atoms with Crippen LogP contribution in [0.15, 0.2) is 24.5 Å². The number of aliphatic hydroxyl groups excluding tert-OH is 3. The summed E-state index contributed by atoms with van der Waals surface area (Å²) in [7, 11) is 0. The lowest BCUT2D eigenvalue weighted by molar-refractivity contribution is -0.0511. The largest absolute Gasteiger partial charge is 0.415 e. The fourth-order valence-electron chi connectivity index (χ4n) is 4.59. The van der Waals surface area contributed by atoms with Crippen LogP contribution in [0.4, 0.5) is 10.6 Å². The number of carbonyl (C=O) groups is 1. The average Bonchev–Trinajstić information content (AvgIpc) is 3.47. The van der Waals surface area contributed by atoms with Gasteiger partial charge in [0.2, 0.25) is 5.82 Å². The van der Waals surface area contributed by atoms with Crippen LogP contribution in [0.1, 0.15) is 31.3 Å². The molecule has 5 rings (SSSR count). The van der Waals surface area contributed by atoms with Crippen LogP contribution in [0.5, 0.6) is 5.75 Å². The Kier molecular flexibility index (Phi) is 8.08. The number of ether oxygens (including phenoxy) is 2. The molecule has 14 heteroatoms. The van der Waals surface area contributed by atoms with Crippen LogP contribution >= 0.6 is 23.2 Å². The summed E-state index contributed by atoms with van der Waals surface area (Å²) in [5.74, 6) is 6.93. The Morgan fingerprint density at radius 3 is 2.64 bits per heavy atom. The van der Waals surface area contributed by atoms with Crippen molar-refractivity contribution in [2.75, 3.05) is 25.4 Å². The summed E-state index contributed by atoms with van der Waals surface area (Å²) < 4.78 is 12.4. The molecule has 39 heavy (non-hydrogen) atoms. The topological polar surface area (TPSA) is 169 Å². The maximum atomic E-state index is 12.5. The molecule has 2 aromatic heterocycles. The van der Waals surface area contributed by atoms with Crippen molar-refractivity contribution in [3.63, 3.8) is 0 Å². The summed E-state index contributed by atoms with van der Waals surface area (Å²) in [5.41, 5.74) is 6.65. The first kappa shape index (κ1) is 27.4. The molecule has 1 aromatic carbocycles. The van der Waals surface area contributed by atoms with E-state index in [0.29, 0.717) is 40.8 Å². The van der Waals surface area contributed by atoms with E-state index in [1.54, 1.807) is 17.0 Å². The molecule has 2 fully saturated rings. The molecular formula is C25H26Cl2N6O6. The maximum Gasteiger partial charge on any atom is 0.415 e. The molecule has 4 heterocycles. The molecule has 4 atom stereocenters. The van der Waals surface area contributed by atoms with Crippen molar-refractivity contribution in [2.24, 2.45) is 5.92 Å². The molecule has 5 N–H and O–H groups in total. The fraction of sp³-hybridized carbons (Fsp3) is 0.440. The van der Waals surface area contributed by atoms with E-state index in [1.165, 1.54) is 17.0 Å². The van der Waals surface area contributed by atoms with Crippen molar-refractivity contribution < 1.29 is 29.6 Å². The zero-order valence-corrected chi connectivity index (χ0v) is 22.1. The average molecular weight is 577 g/mol. The quantitative estimate of drug-likeness (QED) is 0.337. The lowest BCUT2D eigenvalue weighted by atomic mass is 9.94. The third-order valence-electron chi connectivity index (χ3n) is 6.80. The van der Waals surface area contributed by atoms with Crippen LogP contribution in [0, 0.1) is 17.8 Å². The van der Waals surface area contributed by atoms with E-state index in [9.17, 15) is 20.1 Å². The van der Waals surface area contributed by atoms with Crippen LogP contribution in [0.2, 0.25) is 10.0 Å². The molecule has 2 aliphatic rings. The number of nitrogens with zero attached hydrogens (tertiary/aromatic N) is 5. The first-order valence-electron chi connectivity index (χ1n) is 12.3. The number of imidazole rings is 1. The van der Waals surface area contributed by atoms with E-state index in [1.807, 2.05) is 0 Å². The normalized spacial score (nSPS) is 23.6. The third kappa shape index (κ3) is 5.74. The van der Waals surface area contributed by atoms with Gasteiger partial charge in [-0.05, 0) is 36.8 Å². The number of anilines is 1. The zero-order chi connectivity index (χ0) is 27.7. The van der Waals surface area contributed by atoms with Crippen molar-refractivity contribution >= 4 is 46.3 Å². The minimum Gasteiger partial charge on any atom is -0.410 e. The Hall–Kier alpha value is -3.18. The van der Waals surface area contributed by atoms with Crippen molar-refractivity contribution in [1.82, 2.24) is 24.4 Å². The van der Waals surface area contributed by atoms with Crippen molar-refractivity contribution in [3.05, 3.63) is 40.4 Å². The number of nitrogens with two attached hydrogens (primary N) is 1. The molecule has 12 nitrogen and oxygen atoms in total. The number of carbonyl (C=O) groups excluding carboxylic acids is 1. The van der Waals surface area contributed by atoms with Crippen LogP contribution in [-0.4, -0.2) is 83.8 Å². The van der Waals surface area contributed by atoms with E-state index >= 15 is 0 Å². The van der Waals surface area contributed by atoms with Crippen molar-refractivity contribution in [3.8, 4) is 17.6 Å². The smallest absolute Gasteiger partial charge is 0.410 e. The summed E-state index contributed by atoms with van der Waals surface area (Å²) in [4.78, 5) is 27.0. The molecule has 206 valence electrons. The summed E-state index contributed by atoms with van der Waals surface area (Å²) in [6, 6.07) is 4.66. The summed E-state index contributed by atoms with van der Waals surface area (Å²) >= 11 is 11.9. The molecular weight excluding hydrogens is 551 g/mol. The van der Waals surface area contributed by atoms with Gasteiger partial charge in [-0.3, -0.25) is 4.57 Å². The number of aliphatic hydroxyl groups is 3. The second-order valence-electron chi connectivity index (χ2n) is 9.37. The summed E-state index contributed by atoms with van der Waals surface area (Å²) in [6.07, 6.45) is -1.48. The summed E-state index contributed by atoms with van der Waals surface area (Å²) in [6.45, 7) is 0.615. The molecule has 0 saturated carbocycles. The minimum atomic E-state index is -1.29. The van der Waals surface area contributed by atoms with Crippen LogP contribution in [-0.2, 0) is 4.74 Å². The molecule has 0 aliphatic carbocycles. The number of benzene rings is 1. The molecule has 0 spiro atoms. The predicted octanol–water partition coefficient (Wildman–Crippen LogP) is 1.98. The molecule has 2 aliphatic heterocycles. The Balaban J connectivity index is 1.20. The first-order valence-corrected chi connectivity index (χ1v) is 13.0. The number of rotatable bonds is 4. The highest BCUT2D eigenvalue weighted by atomic mass is 35.5. The number of halogens is 2. The highest BCUT2D eigenvalue weighted by Crippen LogP contribution is 2.32. The standard InChI is InChI=1S/C25H26Cl2N6O6/c26-15-5-4-14(10-16(15)27)38-25(37)32-8-6-13(7-9-32)2-1-3-18-30-22(28)19-23(31-18)33(12-29-19)24-21(36)20(35)17(11-34)39-24/h4-5,10,12-13,17,20-21,24,34-36H,2,6-9,11H2,(H2,28,30,31)/t17-,20?,21+,24-/m1/s1. The number of amides is 1. The number of aromatic nitrogens is 4. The van der Waals surface area contributed by atoms with E-state index in [-0.39, 0.29) is 23.2 Å². The van der Waals surface area contributed by atoms with Gasteiger partial charge in [-0.15, -0.1) is 0 Å². The van der Waals surface area contributed by atoms with Gasteiger partial charge in [0.25, 0.3) is 0 Å². The number of likely N-dealkylation sites (tertiary alicyclic amines) is 1. The van der Waals surface area contributed by atoms with Crippen LogP contribution in [0.3, 0.4) is 0 Å². The third-order valence-corrected chi connectivity index (χ3v) is 7.54. The van der Waals surface area contributed by atoms with E-state index in [0.717, 1.165) is 12.8 Å². The number of nitrogen functional groups attached to an aromatic ring is 1. The number of fused-ring (bicyclic) bond motifs is 1. The fourth-order valence-corrected chi connectivity index (χ4v) is 4.88. The monoisotopic (exact) mass is 576 g/mol. The van der Waals surface area contributed by atoms with Crippen molar-refractivity contribution in [1.29, 1.82) is 0 Å². The van der Waals surface area contributed by atoms with Gasteiger partial charge < -0.3 is 35.4 Å². The number of hydrogen-bond donors (Lipinski definition) is 4. The molecule has 0 bridgehead atoms. The highest BCUT2D eigenvalue weighted by Gasteiger charge is 2.44. The molecule has 1 amide bonds. The molecule has 2 saturated heterocycles. The Labute approximate surface area is 233 Å². The predicted molar refractivity (Wildman–Crippen MR) is 141 cm³/mol. The van der Waals surface area contributed by atoms with Gasteiger partial charge >= 0.3 is 6.09 Å². The van der Waals surface area contributed by atoms with E-state index in [2.05, 4.69) is 26.8 Å². The minimum absolute atomic E-state index is 0.114. The lowest BCUT2D eigenvalue weighted by Crippen LogP contribution is -2.40. The van der Waals surface area contributed by atoms with Gasteiger partial charge in [-0.25, -0.2) is 19.7 Å². The Morgan fingerprint density at radius 1 is 1.18 bits per heavy atom. The highest BCUT2D eigenvalue weighted by molar-refractivity contribution is 6.42. The van der Waals surface area contributed by atoms with E-state index < -0.39 is 37.2 Å². The maximum absolute atomic E-state index is 12.5. The van der Waals surface area contributed by atoms with Crippen LogP contribution < -0.4 is 10.5 Å². The van der Waals surface area contributed by atoms with Gasteiger partial charge in [0.05, 0.1) is 23.0 Å². The van der Waals surface area contributed by atoms with Gasteiger partial charge in [-0.1, -0.05) is 29.1 Å². The van der Waals surface area contributed by atoms with Gasteiger partial charge in [0.15, 0.2) is 17.7 Å². The number of hydrogen-bond acceptors (Lipinski definition) is 10. The second-order valence-corrected chi connectivity index (χ2v) is 10.2. The van der Waals surface area contributed by atoms with Gasteiger partial charge in [-0.2, -0.15) is 0 Å². The van der Waals surface area contributed by atoms with Gasteiger partial charge in [0, 0.05) is 25.6 Å². The second kappa shape index (κ2) is 11.5.